The zero-order valence-electron chi connectivity index (χ0n) is 5.79. The Morgan fingerprint density at radius 3 is 3.10 bits per heavy atom. The lowest BCUT2D eigenvalue weighted by Gasteiger charge is -1.84. The minimum atomic E-state index is 0.576. The number of nitriles is 1. The van der Waals surface area contributed by atoms with Crippen LogP contribution in [-0.2, 0) is 6.42 Å². The number of hydrogen-bond acceptors (Lipinski definition) is 3. The summed E-state index contributed by atoms with van der Waals surface area (Å²) in [7, 11) is 0. The van der Waals surface area contributed by atoms with E-state index in [9.17, 15) is 0 Å². The SMILES string of the molecule is Cc1csc(CCC#N)n1. The molecule has 0 aliphatic heterocycles. The highest BCUT2D eigenvalue weighted by molar-refractivity contribution is 7.09. The molecular weight excluding hydrogens is 144 g/mol. The van der Waals surface area contributed by atoms with Crippen molar-refractivity contribution in [2.75, 3.05) is 0 Å². The summed E-state index contributed by atoms with van der Waals surface area (Å²) in [5, 5.41) is 11.3. The van der Waals surface area contributed by atoms with E-state index in [1.54, 1.807) is 11.3 Å². The van der Waals surface area contributed by atoms with Crippen LogP contribution in [0.5, 0.6) is 0 Å². The molecule has 1 aromatic heterocycles. The molecule has 0 atom stereocenters. The Morgan fingerprint density at radius 2 is 2.60 bits per heavy atom. The van der Waals surface area contributed by atoms with Gasteiger partial charge in [-0.15, -0.1) is 11.3 Å². The average Bonchev–Trinajstić information content (AvgIpc) is 2.31. The van der Waals surface area contributed by atoms with E-state index in [-0.39, 0.29) is 0 Å². The highest BCUT2D eigenvalue weighted by Crippen LogP contribution is 2.09. The molecule has 52 valence electrons. The van der Waals surface area contributed by atoms with Crippen LogP contribution in [0.3, 0.4) is 0 Å². The van der Waals surface area contributed by atoms with Crippen LogP contribution in [0, 0.1) is 18.3 Å². The van der Waals surface area contributed by atoms with E-state index in [0.717, 1.165) is 17.1 Å². The molecule has 0 N–H and O–H groups in total. The van der Waals surface area contributed by atoms with Crippen LogP contribution in [0.1, 0.15) is 17.1 Å². The molecule has 0 fully saturated rings. The van der Waals surface area contributed by atoms with Gasteiger partial charge in [0.05, 0.1) is 11.1 Å². The van der Waals surface area contributed by atoms with Gasteiger partial charge in [0.15, 0.2) is 0 Å². The van der Waals surface area contributed by atoms with Gasteiger partial charge in [0.2, 0.25) is 0 Å². The molecule has 2 nitrogen and oxygen atoms in total. The zero-order valence-corrected chi connectivity index (χ0v) is 6.61. The fourth-order valence-electron chi connectivity index (χ4n) is 0.680. The highest BCUT2D eigenvalue weighted by Gasteiger charge is 1.95. The summed E-state index contributed by atoms with van der Waals surface area (Å²) in [4.78, 5) is 4.22. The van der Waals surface area contributed by atoms with Gasteiger partial charge >= 0.3 is 0 Å². The maximum absolute atomic E-state index is 8.26. The molecule has 10 heavy (non-hydrogen) atoms. The van der Waals surface area contributed by atoms with E-state index in [2.05, 4.69) is 11.1 Å². The average molecular weight is 152 g/mol. The van der Waals surface area contributed by atoms with Crippen LogP contribution in [0.4, 0.5) is 0 Å². The fourth-order valence-corrected chi connectivity index (χ4v) is 1.46. The van der Waals surface area contributed by atoms with E-state index < -0.39 is 0 Å². The molecule has 1 aromatic rings. The van der Waals surface area contributed by atoms with Gasteiger partial charge in [0.1, 0.15) is 0 Å². The van der Waals surface area contributed by atoms with E-state index >= 15 is 0 Å². The molecule has 3 heteroatoms. The van der Waals surface area contributed by atoms with Crippen molar-refractivity contribution in [2.24, 2.45) is 0 Å². The Bertz CT molecular complexity index is 246. The van der Waals surface area contributed by atoms with Crippen molar-refractivity contribution in [1.82, 2.24) is 4.98 Å². The van der Waals surface area contributed by atoms with E-state index in [0.29, 0.717) is 6.42 Å². The van der Waals surface area contributed by atoms with Crippen molar-refractivity contribution in [2.45, 2.75) is 19.8 Å². The number of thiazole rings is 1. The summed E-state index contributed by atoms with van der Waals surface area (Å²) in [6, 6.07) is 2.09. The smallest absolute Gasteiger partial charge is 0.0938 e. The normalized spacial score (nSPS) is 9.20. The summed E-state index contributed by atoms with van der Waals surface area (Å²) < 4.78 is 0. The second-order valence-electron chi connectivity index (χ2n) is 2.04. The minimum Gasteiger partial charge on any atom is -0.247 e. The minimum absolute atomic E-state index is 0.576. The molecule has 0 aromatic carbocycles. The van der Waals surface area contributed by atoms with Gasteiger partial charge in [-0.25, -0.2) is 4.98 Å². The predicted octanol–water partition coefficient (Wildman–Crippen LogP) is 1.91. The summed E-state index contributed by atoms with van der Waals surface area (Å²) in [5.41, 5.74) is 1.05. The first-order valence-electron chi connectivity index (χ1n) is 3.11. The Morgan fingerprint density at radius 1 is 1.80 bits per heavy atom. The molecule has 0 radical (unpaired) electrons. The lowest BCUT2D eigenvalue weighted by molar-refractivity contribution is 0.978. The topological polar surface area (TPSA) is 36.7 Å². The Hall–Kier alpha value is -0.880. The van der Waals surface area contributed by atoms with Crippen molar-refractivity contribution in [1.29, 1.82) is 5.26 Å². The first-order chi connectivity index (χ1) is 4.83. The highest BCUT2D eigenvalue weighted by atomic mass is 32.1. The van der Waals surface area contributed by atoms with Gasteiger partial charge in [-0.2, -0.15) is 5.26 Å². The van der Waals surface area contributed by atoms with Gasteiger partial charge in [0.25, 0.3) is 0 Å². The molecule has 0 spiro atoms. The van der Waals surface area contributed by atoms with Gasteiger partial charge < -0.3 is 0 Å². The Balaban J connectivity index is 2.52. The standard InChI is InChI=1S/C7H8N2S/c1-6-5-10-7(9-6)3-2-4-8/h5H,2-3H2,1H3. The maximum atomic E-state index is 8.26. The molecule has 0 saturated heterocycles. The Kier molecular flexibility index (Phi) is 2.41. The number of rotatable bonds is 2. The molecule has 1 heterocycles. The summed E-state index contributed by atoms with van der Waals surface area (Å²) >= 11 is 1.63. The van der Waals surface area contributed by atoms with E-state index in [1.807, 2.05) is 12.3 Å². The van der Waals surface area contributed by atoms with Gasteiger partial charge in [-0.3, -0.25) is 0 Å². The number of aryl methyl sites for hydroxylation is 2. The van der Waals surface area contributed by atoms with Crippen molar-refractivity contribution in [3.05, 3.63) is 16.1 Å². The van der Waals surface area contributed by atoms with Crippen molar-refractivity contribution in [3.8, 4) is 6.07 Å². The lowest BCUT2D eigenvalue weighted by Crippen LogP contribution is -1.80. The van der Waals surface area contributed by atoms with Gasteiger partial charge in [0, 0.05) is 23.9 Å². The van der Waals surface area contributed by atoms with Crippen LogP contribution < -0.4 is 0 Å². The first-order valence-corrected chi connectivity index (χ1v) is 3.99. The van der Waals surface area contributed by atoms with Gasteiger partial charge in [-0.1, -0.05) is 0 Å². The molecule has 0 bridgehead atoms. The number of nitrogens with zero attached hydrogens (tertiary/aromatic N) is 2. The van der Waals surface area contributed by atoms with Crippen LogP contribution in [0.15, 0.2) is 5.38 Å². The predicted molar refractivity (Wildman–Crippen MR) is 40.8 cm³/mol. The Labute approximate surface area is 64.1 Å². The van der Waals surface area contributed by atoms with Crippen LogP contribution >= 0.6 is 11.3 Å². The fraction of sp³-hybridized carbons (Fsp3) is 0.429. The lowest BCUT2D eigenvalue weighted by atomic mass is 10.3. The molecule has 0 saturated carbocycles. The van der Waals surface area contributed by atoms with Gasteiger partial charge in [-0.05, 0) is 6.92 Å². The molecule has 0 amide bonds. The molecule has 0 unspecified atom stereocenters. The first kappa shape index (κ1) is 7.23. The van der Waals surface area contributed by atoms with Crippen molar-refractivity contribution < 1.29 is 0 Å². The van der Waals surface area contributed by atoms with Crippen LogP contribution in [0.2, 0.25) is 0 Å². The molecule has 0 aliphatic rings. The van der Waals surface area contributed by atoms with Crippen LogP contribution in [0.25, 0.3) is 0 Å². The third kappa shape index (κ3) is 1.82. The summed E-state index contributed by atoms with van der Waals surface area (Å²) in [6.07, 6.45) is 1.38. The largest absolute Gasteiger partial charge is 0.247 e. The monoisotopic (exact) mass is 152 g/mol. The second kappa shape index (κ2) is 3.33. The number of hydrogen-bond donors (Lipinski definition) is 0. The number of aromatic nitrogens is 1. The van der Waals surface area contributed by atoms with Crippen molar-refractivity contribution in [3.63, 3.8) is 0 Å². The second-order valence-corrected chi connectivity index (χ2v) is 2.98. The third-order valence-electron chi connectivity index (χ3n) is 1.12. The third-order valence-corrected chi connectivity index (χ3v) is 2.14. The van der Waals surface area contributed by atoms with E-state index in [4.69, 9.17) is 5.26 Å². The zero-order chi connectivity index (χ0) is 7.40. The van der Waals surface area contributed by atoms with Crippen molar-refractivity contribution >= 4 is 11.3 Å². The van der Waals surface area contributed by atoms with E-state index in [1.165, 1.54) is 0 Å². The summed E-state index contributed by atoms with van der Waals surface area (Å²) in [6.45, 7) is 1.96. The molecule has 1 rings (SSSR count). The maximum Gasteiger partial charge on any atom is 0.0938 e. The quantitative estimate of drug-likeness (QED) is 0.649. The molecule has 0 aliphatic carbocycles. The van der Waals surface area contributed by atoms with Crippen LogP contribution in [-0.4, -0.2) is 4.98 Å². The molecular formula is C7H8N2S. The summed E-state index contributed by atoms with van der Waals surface area (Å²) in [5.74, 6) is 0.